The molecule has 1 aliphatic heterocycles. The Hall–Kier alpha value is -1.38. The molecule has 0 bridgehead atoms. The van der Waals surface area contributed by atoms with E-state index in [9.17, 15) is 0 Å². The molecule has 3 rings (SSSR count). The van der Waals surface area contributed by atoms with E-state index < -0.39 is 0 Å². The lowest BCUT2D eigenvalue weighted by Gasteiger charge is -2.32. The Morgan fingerprint density at radius 2 is 1.76 bits per heavy atom. The molecule has 2 aromatic rings. The highest BCUT2D eigenvalue weighted by atomic mass is 35.5. The number of hydrogen-bond acceptors (Lipinski definition) is 2. The summed E-state index contributed by atoms with van der Waals surface area (Å²) < 4.78 is 0. The van der Waals surface area contributed by atoms with Crippen molar-refractivity contribution >= 4 is 11.6 Å². The lowest BCUT2D eigenvalue weighted by Crippen LogP contribution is -2.33. The first-order valence-electron chi connectivity index (χ1n) is 7.66. The second-order valence-corrected chi connectivity index (χ2v) is 6.29. The van der Waals surface area contributed by atoms with Gasteiger partial charge in [0, 0.05) is 12.7 Å². The third-order valence-electron chi connectivity index (χ3n) is 4.27. The number of hydrogen-bond donors (Lipinski definition) is 0. The van der Waals surface area contributed by atoms with Gasteiger partial charge in [0.25, 0.3) is 0 Å². The maximum absolute atomic E-state index is 5.83. The van der Waals surface area contributed by atoms with Gasteiger partial charge in [0.1, 0.15) is 5.15 Å². The summed E-state index contributed by atoms with van der Waals surface area (Å²) in [6, 6.07) is 14.8. The summed E-state index contributed by atoms with van der Waals surface area (Å²) in [7, 11) is 0. The summed E-state index contributed by atoms with van der Waals surface area (Å²) in [6.07, 6.45) is 5.68. The maximum atomic E-state index is 5.83. The molecule has 0 spiro atoms. The number of pyridine rings is 1. The van der Waals surface area contributed by atoms with Crippen molar-refractivity contribution in [3.63, 3.8) is 0 Å². The van der Waals surface area contributed by atoms with E-state index in [4.69, 9.17) is 11.6 Å². The Kier molecular flexibility index (Phi) is 4.89. The highest BCUT2D eigenvalue weighted by molar-refractivity contribution is 6.29. The van der Waals surface area contributed by atoms with Gasteiger partial charge in [-0.1, -0.05) is 48.0 Å². The predicted molar refractivity (Wildman–Crippen MR) is 87.4 cm³/mol. The molecule has 2 nitrogen and oxygen atoms in total. The fourth-order valence-electron chi connectivity index (χ4n) is 3.05. The quantitative estimate of drug-likeness (QED) is 0.787. The van der Waals surface area contributed by atoms with Crippen LogP contribution >= 0.6 is 11.6 Å². The van der Waals surface area contributed by atoms with E-state index in [1.807, 2.05) is 12.3 Å². The second-order valence-electron chi connectivity index (χ2n) is 5.90. The summed E-state index contributed by atoms with van der Waals surface area (Å²) in [5, 5.41) is 0.570. The monoisotopic (exact) mass is 300 g/mol. The van der Waals surface area contributed by atoms with E-state index in [1.165, 1.54) is 43.5 Å². The van der Waals surface area contributed by atoms with E-state index in [-0.39, 0.29) is 0 Å². The van der Waals surface area contributed by atoms with Crippen LogP contribution in [0.5, 0.6) is 0 Å². The van der Waals surface area contributed by atoms with Crippen molar-refractivity contribution < 1.29 is 0 Å². The summed E-state index contributed by atoms with van der Waals surface area (Å²) >= 11 is 5.83. The summed E-state index contributed by atoms with van der Waals surface area (Å²) in [4.78, 5) is 6.67. The average Bonchev–Trinajstić information content (AvgIpc) is 2.53. The maximum Gasteiger partial charge on any atom is 0.129 e. The number of halogens is 1. The van der Waals surface area contributed by atoms with E-state index in [2.05, 4.69) is 46.3 Å². The van der Waals surface area contributed by atoms with Crippen molar-refractivity contribution in [2.45, 2.75) is 25.8 Å². The topological polar surface area (TPSA) is 16.1 Å². The molecule has 0 N–H and O–H groups in total. The number of aromatic nitrogens is 1. The van der Waals surface area contributed by atoms with Gasteiger partial charge in [-0.25, -0.2) is 4.98 Å². The van der Waals surface area contributed by atoms with Gasteiger partial charge in [-0.15, -0.1) is 0 Å². The van der Waals surface area contributed by atoms with E-state index in [0.717, 1.165) is 12.5 Å². The molecule has 0 aliphatic carbocycles. The van der Waals surface area contributed by atoms with E-state index in [0.29, 0.717) is 5.15 Å². The van der Waals surface area contributed by atoms with Crippen molar-refractivity contribution in [2.24, 2.45) is 5.92 Å². The molecule has 1 aliphatic rings. The van der Waals surface area contributed by atoms with Crippen LogP contribution in [0.4, 0.5) is 0 Å². The Morgan fingerprint density at radius 3 is 2.43 bits per heavy atom. The second kappa shape index (κ2) is 7.06. The molecule has 0 atom stereocenters. The van der Waals surface area contributed by atoms with E-state index >= 15 is 0 Å². The van der Waals surface area contributed by atoms with Gasteiger partial charge >= 0.3 is 0 Å². The predicted octanol–water partition coefficient (Wildman–Crippen LogP) is 4.19. The zero-order valence-corrected chi connectivity index (χ0v) is 13.0. The molecule has 0 saturated carbocycles. The average molecular weight is 301 g/mol. The summed E-state index contributed by atoms with van der Waals surface area (Å²) in [5.74, 6) is 0.826. The molecule has 110 valence electrons. The minimum absolute atomic E-state index is 0.570. The number of nitrogens with zero attached hydrogens (tertiary/aromatic N) is 2. The molecule has 21 heavy (non-hydrogen) atoms. The van der Waals surface area contributed by atoms with Crippen LogP contribution in [0.3, 0.4) is 0 Å². The van der Waals surface area contributed by atoms with Gasteiger partial charge in [0.05, 0.1) is 0 Å². The number of benzene rings is 1. The van der Waals surface area contributed by atoms with Gasteiger partial charge < -0.3 is 0 Å². The minimum atomic E-state index is 0.570. The molecular formula is C18H21ClN2. The van der Waals surface area contributed by atoms with Crippen molar-refractivity contribution in [3.8, 4) is 0 Å². The number of piperidine rings is 1. The van der Waals surface area contributed by atoms with Crippen molar-refractivity contribution in [1.82, 2.24) is 9.88 Å². The Balaban J connectivity index is 1.47. The Bertz CT molecular complexity index is 545. The van der Waals surface area contributed by atoms with Crippen molar-refractivity contribution in [2.75, 3.05) is 13.1 Å². The molecule has 0 unspecified atom stereocenters. The fraction of sp³-hybridized carbons (Fsp3) is 0.389. The van der Waals surface area contributed by atoms with Crippen molar-refractivity contribution in [3.05, 3.63) is 64.9 Å². The van der Waals surface area contributed by atoms with Gasteiger partial charge in [-0.3, -0.25) is 4.90 Å². The Morgan fingerprint density at radius 1 is 1.00 bits per heavy atom. The molecule has 0 radical (unpaired) electrons. The van der Waals surface area contributed by atoms with Gasteiger partial charge in [0.2, 0.25) is 0 Å². The molecular weight excluding hydrogens is 280 g/mol. The zero-order valence-electron chi connectivity index (χ0n) is 12.2. The summed E-state index contributed by atoms with van der Waals surface area (Å²) in [5.41, 5.74) is 2.72. The zero-order chi connectivity index (χ0) is 14.5. The van der Waals surface area contributed by atoms with Gasteiger partial charge in [-0.2, -0.15) is 0 Å². The third-order valence-corrected chi connectivity index (χ3v) is 4.49. The molecule has 1 saturated heterocycles. The van der Waals surface area contributed by atoms with Crippen LogP contribution in [0, 0.1) is 5.92 Å². The Labute approximate surface area is 131 Å². The highest BCUT2D eigenvalue weighted by Gasteiger charge is 2.19. The van der Waals surface area contributed by atoms with Crippen LogP contribution in [-0.4, -0.2) is 23.0 Å². The first-order chi connectivity index (χ1) is 10.3. The molecule has 3 heteroatoms. The molecule has 1 aromatic heterocycles. The normalized spacial score (nSPS) is 17.0. The molecule has 0 amide bonds. The lowest BCUT2D eigenvalue weighted by atomic mass is 9.90. The van der Waals surface area contributed by atoms with Crippen LogP contribution in [0.2, 0.25) is 5.15 Å². The fourth-order valence-corrected chi connectivity index (χ4v) is 3.17. The lowest BCUT2D eigenvalue weighted by molar-refractivity contribution is 0.177. The van der Waals surface area contributed by atoms with Crippen LogP contribution in [0.1, 0.15) is 24.0 Å². The van der Waals surface area contributed by atoms with Gasteiger partial charge in [-0.05, 0) is 55.5 Å². The SMILES string of the molecule is Clc1ccc(CN2CCC(Cc3ccccc3)CC2)cn1. The molecule has 1 fully saturated rings. The van der Waals surface area contributed by atoms with Crippen LogP contribution in [-0.2, 0) is 13.0 Å². The smallest absolute Gasteiger partial charge is 0.129 e. The summed E-state index contributed by atoms with van der Waals surface area (Å²) in [6.45, 7) is 3.35. The molecule has 2 heterocycles. The molecule has 1 aromatic carbocycles. The first-order valence-corrected chi connectivity index (χ1v) is 8.04. The van der Waals surface area contributed by atoms with Gasteiger partial charge in [0.15, 0.2) is 0 Å². The minimum Gasteiger partial charge on any atom is -0.299 e. The van der Waals surface area contributed by atoms with Crippen molar-refractivity contribution in [1.29, 1.82) is 0 Å². The number of likely N-dealkylation sites (tertiary alicyclic amines) is 1. The highest BCUT2D eigenvalue weighted by Crippen LogP contribution is 2.22. The van der Waals surface area contributed by atoms with E-state index in [1.54, 1.807) is 0 Å². The largest absolute Gasteiger partial charge is 0.299 e. The third kappa shape index (κ3) is 4.29. The standard InChI is InChI=1S/C18H21ClN2/c19-18-7-6-17(13-20-18)14-21-10-8-16(9-11-21)12-15-4-2-1-3-5-15/h1-7,13,16H,8-12,14H2. The van der Waals surface area contributed by atoms with Crippen LogP contribution in [0.15, 0.2) is 48.7 Å². The van der Waals surface area contributed by atoms with Crippen LogP contribution < -0.4 is 0 Å². The number of rotatable bonds is 4. The first kappa shape index (κ1) is 14.6. The van der Waals surface area contributed by atoms with Crippen LogP contribution in [0.25, 0.3) is 0 Å².